The van der Waals surface area contributed by atoms with E-state index in [1.165, 1.54) is 25.7 Å². The van der Waals surface area contributed by atoms with Crippen molar-refractivity contribution in [1.82, 2.24) is 9.78 Å². The van der Waals surface area contributed by atoms with E-state index in [1.54, 1.807) is 6.20 Å². The summed E-state index contributed by atoms with van der Waals surface area (Å²) in [7, 11) is 0. The summed E-state index contributed by atoms with van der Waals surface area (Å²) in [6, 6.07) is 0. The van der Waals surface area contributed by atoms with Gasteiger partial charge in [-0.1, -0.05) is 44.2 Å². The summed E-state index contributed by atoms with van der Waals surface area (Å²) in [4.78, 5) is 0. The van der Waals surface area contributed by atoms with Gasteiger partial charge in [0, 0.05) is 6.54 Å². The van der Waals surface area contributed by atoms with Crippen molar-refractivity contribution in [1.29, 1.82) is 0 Å². The molecular weight excluding hydrogens is 248 g/mol. The number of rotatable bonds is 6. The van der Waals surface area contributed by atoms with Gasteiger partial charge >= 0.3 is 0 Å². The lowest BCUT2D eigenvalue weighted by molar-refractivity contribution is 0.146. The van der Waals surface area contributed by atoms with Crippen molar-refractivity contribution in [2.24, 2.45) is 5.92 Å². The fourth-order valence-corrected chi connectivity index (χ4v) is 3.19. The van der Waals surface area contributed by atoms with Crippen LogP contribution in [0.4, 0.5) is 0 Å². The van der Waals surface area contributed by atoms with Crippen LogP contribution in [0.15, 0.2) is 6.20 Å². The molecule has 1 N–H and O–H groups in total. The van der Waals surface area contributed by atoms with Crippen LogP contribution in [0.5, 0.6) is 0 Å². The molecule has 1 saturated carbocycles. The van der Waals surface area contributed by atoms with E-state index in [9.17, 15) is 5.11 Å². The van der Waals surface area contributed by atoms with E-state index < -0.39 is 6.10 Å². The quantitative estimate of drug-likeness (QED) is 0.850. The zero-order valence-electron chi connectivity index (χ0n) is 11.1. The van der Waals surface area contributed by atoms with Gasteiger partial charge < -0.3 is 5.11 Å². The standard InChI is InChI=1S/C14H23ClN2O/c1-2-9-17-14(12(15)10-16-17)13(18)8-7-11-5-3-4-6-11/h10-11,13,18H,2-9H2,1H3. The van der Waals surface area contributed by atoms with Crippen molar-refractivity contribution in [3.05, 3.63) is 16.9 Å². The molecule has 18 heavy (non-hydrogen) atoms. The molecule has 0 aromatic carbocycles. The van der Waals surface area contributed by atoms with Gasteiger partial charge in [-0.25, -0.2) is 0 Å². The summed E-state index contributed by atoms with van der Waals surface area (Å²) in [5, 5.41) is 15.1. The molecule has 0 amide bonds. The van der Waals surface area contributed by atoms with E-state index in [1.807, 2.05) is 4.68 Å². The molecule has 3 nitrogen and oxygen atoms in total. The zero-order valence-corrected chi connectivity index (χ0v) is 11.9. The molecule has 2 rings (SSSR count). The van der Waals surface area contributed by atoms with Crippen LogP contribution in [-0.4, -0.2) is 14.9 Å². The molecule has 0 radical (unpaired) electrons. The summed E-state index contributed by atoms with van der Waals surface area (Å²) < 4.78 is 1.85. The summed E-state index contributed by atoms with van der Waals surface area (Å²) >= 11 is 6.13. The molecule has 1 heterocycles. The first kappa shape index (κ1) is 13.9. The van der Waals surface area contributed by atoms with Crippen LogP contribution in [0.3, 0.4) is 0 Å². The molecule has 0 aliphatic heterocycles. The zero-order chi connectivity index (χ0) is 13.0. The Morgan fingerprint density at radius 1 is 1.50 bits per heavy atom. The number of hydrogen-bond donors (Lipinski definition) is 1. The van der Waals surface area contributed by atoms with Crippen LogP contribution in [0.1, 0.15) is 63.7 Å². The van der Waals surface area contributed by atoms with E-state index in [4.69, 9.17) is 11.6 Å². The van der Waals surface area contributed by atoms with Crippen LogP contribution >= 0.6 is 11.6 Å². The predicted octanol–water partition coefficient (Wildman–Crippen LogP) is 3.95. The second-order valence-corrected chi connectivity index (χ2v) is 5.75. The normalized spacial score (nSPS) is 18.4. The highest BCUT2D eigenvalue weighted by atomic mass is 35.5. The predicted molar refractivity (Wildman–Crippen MR) is 73.7 cm³/mol. The molecule has 1 fully saturated rings. The lowest BCUT2D eigenvalue weighted by Crippen LogP contribution is -2.10. The van der Waals surface area contributed by atoms with Crippen molar-refractivity contribution in [3.63, 3.8) is 0 Å². The number of aliphatic hydroxyl groups is 1. The second kappa shape index (κ2) is 6.58. The number of aliphatic hydroxyl groups excluding tert-OH is 1. The maximum absolute atomic E-state index is 10.3. The van der Waals surface area contributed by atoms with Gasteiger partial charge in [0.1, 0.15) is 0 Å². The van der Waals surface area contributed by atoms with Gasteiger partial charge in [-0.15, -0.1) is 0 Å². The molecule has 1 aromatic rings. The first-order valence-corrected chi connectivity index (χ1v) is 7.49. The average molecular weight is 271 g/mol. The first-order chi connectivity index (χ1) is 8.72. The Balaban J connectivity index is 1.94. The lowest BCUT2D eigenvalue weighted by Gasteiger charge is -2.16. The smallest absolute Gasteiger partial charge is 0.0971 e. The molecule has 1 atom stereocenters. The van der Waals surface area contributed by atoms with Crippen molar-refractivity contribution in [2.45, 2.75) is 64.5 Å². The Kier molecular flexibility index (Phi) is 5.07. The molecule has 0 bridgehead atoms. The van der Waals surface area contributed by atoms with E-state index in [0.717, 1.165) is 37.4 Å². The Labute approximate surface area is 114 Å². The average Bonchev–Trinajstić information content (AvgIpc) is 2.97. The van der Waals surface area contributed by atoms with E-state index in [-0.39, 0.29) is 0 Å². The molecule has 0 saturated heterocycles. The molecule has 1 aromatic heterocycles. The summed E-state index contributed by atoms with van der Waals surface area (Å²) in [6.45, 7) is 2.92. The van der Waals surface area contributed by atoms with Crippen molar-refractivity contribution in [2.75, 3.05) is 0 Å². The fraction of sp³-hybridized carbons (Fsp3) is 0.786. The Morgan fingerprint density at radius 3 is 2.89 bits per heavy atom. The highest BCUT2D eigenvalue weighted by Gasteiger charge is 2.21. The molecule has 0 spiro atoms. The van der Waals surface area contributed by atoms with Gasteiger partial charge in [0.05, 0.1) is 23.0 Å². The molecule has 1 unspecified atom stereocenters. The maximum atomic E-state index is 10.3. The SMILES string of the molecule is CCCn1ncc(Cl)c1C(O)CCC1CCCC1. The molecule has 102 valence electrons. The Bertz CT molecular complexity index is 372. The van der Waals surface area contributed by atoms with Crippen molar-refractivity contribution >= 4 is 11.6 Å². The summed E-state index contributed by atoms with van der Waals surface area (Å²) in [5.74, 6) is 0.806. The minimum Gasteiger partial charge on any atom is -0.387 e. The van der Waals surface area contributed by atoms with Crippen LogP contribution < -0.4 is 0 Å². The van der Waals surface area contributed by atoms with E-state index in [0.29, 0.717) is 5.02 Å². The third kappa shape index (κ3) is 3.27. The minimum atomic E-state index is -0.466. The molecule has 1 aliphatic carbocycles. The summed E-state index contributed by atoms with van der Waals surface area (Å²) in [6.07, 6.45) is 9.46. The fourth-order valence-electron chi connectivity index (χ4n) is 2.92. The van der Waals surface area contributed by atoms with Crippen LogP contribution in [-0.2, 0) is 6.54 Å². The number of halogens is 1. The minimum absolute atomic E-state index is 0.466. The highest BCUT2D eigenvalue weighted by molar-refractivity contribution is 6.31. The number of nitrogens with zero attached hydrogens (tertiary/aromatic N) is 2. The number of aromatic nitrogens is 2. The Morgan fingerprint density at radius 2 is 2.22 bits per heavy atom. The third-order valence-electron chi connectivity index (χ3n) is 3.91. The topological polar surface area (TPSA) is 38.0 Å². The van der Waals surface area contributed by atoms with Gasteiger partial charge in [0.2, 0.25) is 0 Å². The van der Waals surface area contributed by atoms with E-state index >= 15 is 0 Å². The van der Waals surface area contributed by atoms with Gasteiger partial charge in [0.15, 0.2) is 0 Å². The highest BCUT2D eigenvalue weighted by Crippen LogP contribution is 2.33. The van der Waals surface area contributed by atoms with Crippen LogP contribution in [0.2, 0.25) is 5.02 Å². The Hall–Kier alpha value is -0.540. The first-order valence-electron chi connectivity index (χ1n) is 7.11. The number of hydrogen-bond acceptors (Lipinski definition) is 2. The van der Waals surface area contributed by atoms with Gasteiger partial charge in [-0.3, -0.25) is 4.68 Å². The monoisotopic (exact) mass is 270 g/mol. The van der Waals surface area contributed by atoms with Crippen molar-refractivity contribution in [3.8, 4) is 0 Å². The summed E-state index contributed by atoms with van der Waals surface area (Å²) in [5.41, 5.74) is 0.802. The van der Waals surface area contributed by atoms with Gasteiger partial charge in [-0.2, -0.15) is 5.10 Å². The van der Waals surface area contributed by atoms with Crippen molar-refractivity contribution < 1.29 is 5.11 Å². The second-order valence-electron chi connectivity index (χ2n) is 5.34. The van der Waals surface area contributed by atoms with Crippen LogP contribution in [0.25, 0.3) is 0 Å². The van der Waals surface area contributed by atoms with Gasteiger partial charge in [0.25, 0.3) is 0 Å². The number of aryl methyl sites for hydroxylation is 1. The largest absolute Gasteiger partial charge is 0.387 e. The maximum Gasteiger partial charge on any atom is 0.0971 e. The van der Waals surface area contributed by atoms with Crippen LogP contribution in [0, 0.1) is 5.92 Å². The third-order valence-corrected chi connectivity index (χ3v) is 4.20. The van der Waals surface area contributed by atoms with Gasteiger partial charge in [-0.05, 0) is 25.2 Å². The molecule has 4 heteroatoms. The molecular formula is C14H23ClN2O. The lowest BCUT2D eigenvalue weighted by atomic mass is 9.98. The van der Waals surface area contributed by atoms with E-state index in [2.05, 4.69) is 12.0 Å². The molecule has 1 aliphatic rings.